The Morgan fingerprint density at radius 3 is 2.32 bits per heavy atom. The highest BCUT2D eigenvalue weighted by molar-refractivity contribution is 7.18. The SMILES string of the molecule is Cc1ccc(-c2noc(C(C)(C)c3cc4c(CCCl)c(-c5cc(C)cc(C)c5)[nH]c4s3)n2)cc1. The Balaban J connectivity index is 1.55. The number of alkyl halides is 1. The zero-order valence-corrected chi connectivity index (χ0v) is 21.7. The summed E-state index contributed by atoms with van der Waals surface area (Å²) in [7, 11) is 0. The van der Waals surface area contributed by atoms with Crippen molar-refractivity contribution in [1.29, 1.82) is 0 Å². The van der Waals surface area contributed by atoms with Crippen LogP contribution in [0.1, 0.15) is 46.9 Å². The summed E-state index contributed by atoms with van der Waals surface area (Å²) in [6.07, 6.45) is 0.804. The molecular weight excluding hydrogens is 462 g/mol. The molecule has 0 saturated heterocycles. The quantitative estimate of drug-likeness (QED) is 0.246. The van der Waals surface area contributed by atoms with E-state index in [1.807, 2.05) is 12.1 Å². The van der Waals surface area contributed by atoms with E-state index in [-0.39, 0.29) is 0 Å². The van der Waals surface area contributed by atoms with Gasteiger partial charge in [-0.15, -0.1) is 22.9 Å². The van der Waals surface area contributed by atoms with Crippen LogP contribution in [-0.2, 0) is 11.8 Å². The van der Waals surface area contributed by atoms with Gasteiger partial charge in [0, 0.05) is 21.7 Å². The van der Waals surface area contributed by atoms with Crippen LogP contribution in [0.15, 0.2) is 53.1 Å². The molecule has 0 unspecified atom stereocenters. The lowest BCUT2D eigenvalue weighted by molar-refractivity contribution is 0.335. The molecule has 0 bridgehead atoms. The molecule has 0 amide bonds. The molecule has 0 aliphatic heterocycles. The molecular formula is C28H28ClN3OS. The predicted molar refractivity (Wildman–Crippen MR) is 142 cm³/mol. The monoisotopic (exact) mass is 489 g/mol. The van der Waals surface area contributed by atoms with Gasteiger partial charge >= 0.3 is 0 Å². The molecule has 34 heavy (non-hydrogen) atoms. The maximum absolute atomic E-state index is 6.23. The van der Waals surface area contributed by atoms with Crippen LogP contribution >= 0.6 is 22.9 Å². The number of hydrogen-bond donors (Lipinski definition) is 1. The molecule has 174 valence electrons. The van der Waals surface area contributed by atoms with E-state index in [9.17, 15) is 0 Å². The van der Waals surface area contributed by atoms with Crippen LogP contribution in [0, 0.1) is 20.8 Å². The Labute approximate surface area is 209 Å². The summed E-state index contributed by atoms with van der Waals surface area (Å²) in [6, 6.07) is 17.1. The van der Waals surface area contributed by atoms with Crippen LogP contribution in [0.25, 0.3) is 32.9 Å². The van der Waals surface area contributed by atoms with Crippen molar-refractivity contribution in [2.75, 3.05) is 5.88 Å². The minimum atomic E-state index is -0.418. The number of aryl methyl sites for hydroxylation is 4. The summed E-state index contributed by atoms with van der Waals surface area (Å²) in [5.74, 6) is 1.80. The fourth-order valence-electron chi connectivity index (χ4n) is 4.46. The van der Waals surface area contributed by atoms with E-state index in [0.717, 1.165) is 22.5 Å². The number of thiophene rings is 1. The standard InChI is InChI=1S/C28H28ClN3OS/c1-16-6-8-19(9-7-16)25-31-27(33-32-25)28(4,5)23-15-22-21(10-11-29)24(30-26(22)34-23)20-13-17(2)12-18(3)14-20/h6-9,12-15,30H,10-11H2,1-5H3. The fourth-order valence-corrected chi connectivity index (χ4v) is 5.84. The summed E-state index contributed by atoms with van der Waals surface area (Å²) in [4.78, 5) is 10.8. The average molecular weight is 490 g/mol. The number of rotatable bonds is 6. The smallest absolute Gasteiger partial charge is 0.237 e. The summed E-state index contributed by atoms with van der Waals surface area (Å²) < 4.78 is 5.75. The van der Waals surface area contributed by atoms with Gasteiger partial charge < -0.3 is 9.51 Å². The average Bonchev–Trinajstić information content (AvgIpc) is 3.50. The number of halogens is 1. The van der Waals surface area contributed by atoms with E-state index in [1.54, 1.807) is 11.3 Å². The molecule has 3 heterocycles. The maximum Gasteiger partial charge on any atom is 0.237 e. The maximum atomic E-state index is 6.23. The van der Waals surface area contributed by atoms with Gasteiger partial charge in [-0.3, -0.25) is 0 Å². The van der Waals surface area contributed by atoms with Crippen molar-refractivity contribution in [1.82, 2.24) is 15.1 Å². The molecule has 5 aromatic rings. The second-order valence-corrected chi connectivity index (χ2v) is 11.0. The second-order valence-electron chi connectivity index (χ2n) is 9.56. The zero-order chi connectivity index (χ0) is 24.0. The molecule has 0 spiro atoms. The Kier molecular flexibility index (Phi) is 5.86. The van der Waals surface area contributed by atoms with Crippen LogP contribution in [-0.4, -0.2) is 21.0 Å². The van der Waals surface area contributed by atoms with Gasteiger partial charge in [-0.25, -0.2) is 0 Å². The molecule has 0 fully saturated rings. The highest BCUT2D eigenvalue weighted by Crippen LogP contribution is 2.42. The molecule has 4 nitrogen and oxygen atoms in total. The molecule has 6 heteroatoms. The molecule has 3 aromatic heterocycles. The van der Waals surface area contributed by atoms with Crippen LogP contribution < -0.4 is 0 Å². The second kappa shape index (κ2) is 8.71. The third-order valence-electron chi connectivity index (χ3n) is 6.34. The molecule has 0 saturated carbocycles. The summed E-state index contributed by atoms with van der Waals surface area (Å²) in [5.41, 5.74) is 7.89. The summed E-state index contributed by atoms with van der Waals surface area (Å²) in [5, 5.41) is 5.48. The van der Waals surface area contributed by atoms with Crippen LogP contribution in [0.2, 0.25) is 0 Å². The highest BCUT2D eigenvalue weighted by Gasteiger charge is 2.33. The van der Waals surface area contributed by atoms with Crippen LogP contribution in [0.5, 0.6) is 0 Å². The first kappa shape index (κ1) is 22.9. The van der Waals surface area contributed by atoms with Gasteiger partial charge in [0.05, 0.1) is 11.1 Å². The van der Waals surface area contributed by atoms with Gasteiger partial charge in [0.2, 0.25) is 11.7 Å². The van der Waals surface area contributed by atoms with Crippen LogP contribution in [0.4, 0.5) is 0 Å². The van der Waals surface area contributed by atoms with Gasteiger partial charge in [-0.05, 0) is 70.4 Å². The molecule has 0 aliphatic carbocycles. The van der Waals surface area contributed by atoms with Crippen LogP contribution in [0.3, 0.4) is 0 Å². The van der Waals surface area contributed by atoms with Crippen molar-refractivity contribution >= 4 is 33.2 Å². The summed E-state index contributed by atoms with van der Waals surface area (Å²) in [6.45, 7) is 10.6. The Hall–Kier alpha value is -2.89. The van der Waals surface area contributed by atoms with Gasteiger partial charge in [-0.2, -0.15) is 4.98 Å². The third-order valence-corrected chi connectivity index (χ3v) is 7.90. The van der Waals surface area contributed by atoms with Gasteiger partial charge in [0.1, 0.15) is 4.83 Å². The molecule has 2 aromatic carbocycles. The minimum Gasteiger partial charge on any atom is -0.346 e. The zero-order valence-electron chi connectivity index (χ0n) is 20.1. The van der Waals surface area contributed by atoms with E-state index >= 15 is 0 Å². The normalized spacial score (nSPS) is 12.1. The van der Waals surface area contributed by atoms with Crippen molar-refractivity contribution in [3.63, 3.8) is 0 Å². The molecule has 1 N–H and O–H groups in total. The number of aromatic amines is 1. The largest absolute Gasteiger partial charge is 0.346 e. The fraction of sp³-hybridized carbons (Fsp3) is 0.286. The van der Waals surface area contributed by atoms with Crippen molar-refractivity contribution in [2.24, 2.45) is 0 Å². The first-order chi connectivity index (χ1) is 16.3. The number of nitrogens with one attached hydrogen (secondary N) is 1. The van der Waals surface area contributed by atoms with E-state index < -0.39 is 5.41 Å². The molecule has 5 rings (SSSR count). The minimum absolute atomic E-state index is 0.418. The third kappa shape index (κ3) is 4.08. The van der Waals surface area contributed by atoms with Crippen molar-refractivity contribution in [3.8, 4) is 22.6 Å². The Morgan fingerprint density at radius 1 is 0.941 bits per heavy atom. The number of fused-ring (bicyclic) bond motifs is 1. The first-order valence-electron chi connectivity index (χ1n) is 11.5. The van der Waals surface area contributed by atoms with Crippen molar-refractivity contribution in [2.45, 2.75) is 46.5 Å². The lowest BCUT2D eigenvalue weighted by Crippen LogP contribution is -2.17. The van der Waals surface area contributed by atoms with Gasteiger partial charge in [-0.1, -0.05) is 52.2 Å². The molecule has 0 radical (unpaired) electrons. The number of hydrogen-bond acceptors (Lipinski definition) is 4. The van der Waals surface area contributed by atoms with E-state index in [0.29, 0.717) is 17.6 Å². The number of nitrogens with zero attached hydrogens (tertiary/aromatic N) is 2. The lowest BCUT2D eigenvalue weighted by Gasteiger charge is -2.17. The van der Waals surface area contributed by atoms with Crippen molar-refractivity contribution in [3.05, 3.63) is 81.6 Å². The van der Waals surface area contributed by atoms with E-state index in [2.05, 4.69) is 81.2 Å². The van der Waals surface area contributed by atoms with E-state index in [1.165, 1.54) is 38.1 Å². The van der Waals surface area contributed by atoms with E-state index in [4.69, 9.17) is 21.1 Å². The Morgan fingerprint density at radius 2 is 1.65 bits per heavy atom. The first-order valence-corrected chi connectivity index (χ1v) is 12.8. The molecule has 0 atom stereocenters. The lowest BCUT2D eigenvalue weighted by atomic mass is 9.90. The predicted octanol–water partition coefficient (Wildman–Crippen LogP) is 7.98. The summed E-state index contributed by atoms with van der Waals surface area (Å²) >= 11 is 7.98. The Bertz CT molecular complexity index is 1450. The topological polar surface area (TPSA) is 54.7 Å². The number of benzene rings is 2. The number of aromatic nitrogens is 3. The van der Waals surface area contributed by atoms with Crippen molar-refractivity contribution < 1.29 is 4.52 Å². The van der Waals surface area contributed by atoms with Gasteiger partial charge in [0.25, 0.3) is 0 Å². The molecule has 0 aliphatic rings. The number of H-pyrrole nitrogens is 1. The highest BCUT2D eigenvalue weighted by atomic mass is 35.5. The van der Waals surface area contributed by atoms with Gasteiger partial charge in [0.15, 0.2) is 0 Å².